The Morgan fingerprint density at radius 3 is 2.80 bits per heavy atom. The van der Waals surface area contributed by atoms with Gasteiger partial charge in [-0.25, -0.2) is 4.39 Å². The lowest BCUT2D eigenvalue weighted by Gasteiger charge is -2.14. The Labute approximate surface area is 91.7 Å². The summed E-state index contributed by atoms with van der Waals surface area (Å²) < 4.78 is 13.0. The summed E-state index contributed by atoms with van der Waals surface area (Å²) in [6.07, 6.45) is 2.02. The average molecular weight is 209 g/mol. The van der Waals surface area contributed by atoms with Gasteiger partial charge >= 0.3 is 0 Å². The molecule has 0 saturated heterocycles. The Morgan fingerprint density at radius 1 is 1.40 bits per heavy atom. The molecule has 0 heterocycles. The van der Waals surface area contributed by atoms with Gasteiger partial charge in [0.25, 0.3) is 0 Å². The molecule has 0 fully saturated rings. The lowest BCUT2D eigenvalue weighted by Crippen LogP contribution is -2.28. The van der Waals surface area contributed by atoms with Gasteiger partial charge in [-0.3, -0.25) is 0 Å². The smallest absolute Gasteiger partial charge is 0.123 e. The molecule has 0 amide bonds. The molecule has 0 radical (unpaired) electrons. The van der Waals surface area contributed by atoms with Gasteiger partial charge in [-0.05, 0) is 56.5 Å². The maximum absolute atomic E-state index is 13.0. The van der Waals surface area contributed by atoms with E-state index < -0.39 is 0 Å². The molecule has 15 heavy (non-hydrogen) atoms. The second-order valence-electron chi connectivity index (χ2n) is 4.13. The number of aryl methyl sites for hydroxylation is 1. The maximum Gasteiger partial charge on any atom is 0.123 e. The molecule has 0 spiro atoms. The van der Waals surface area contributed by atoms with Crippen LogP contribution in [0.4, 0.5) is 4.39 Å². The molecule has 2 heteroatoms. The highest BCUT2D eigenvalue weighted by atomic mass is 19.1. The first kappa shape index (κ1) is 12.2. The van der Waals surface area contributed by atoms with E-state index in [0.717, 1.165) is 24.9 Å². The van der Waals surface area contributed by atoms with E-state index in [1.807, 2.05) is 13.0 Å². The Morgan fingerprint density at radius 2 is 2.13 bits per heavy atom. The maximum atomic E-state index is 13.0. The molecule has 1 aromatic rings. The summed E-state index contributed by atoms with van der Waals surface area (Å²) in [7, 11) is 0. The third-order valence-corrected chi connectivity index (χ3v) is 2.58. The Bertz CT molecular complexity index is 309. The largest absolute Gasteiger partial charge is 0.314 e. The molecule has 1 unspecified atom stereocenters. The van der Waals surface area contributed by atoms with Gasteiger partial charge in [0.05, 0.1) is 0 Å². The summed E-state index contributed by atoms with van der Waals surface area (Å²) in [4.78, 5) is 0. The molecular formula is C13H20FN. The molecule has 0 aliphatic carbocycles. The third-order valence-electron chi connectivity index (χ3n) is 2.58. The first-order valence-corrected chi connectivity index (χ1v) is 5.62. The predicted octanol–water partition coefficient (Wildman–Crippen LogP) is 3.06. The zero-order chi connectivity index (χ0) is 11.3. The summed E-state index contributed by atoms with van der Waals surface area (Å²) in [6.45, 7) is 7.34. The highest BCUT2D eigenvalue weighted by molar-refractivity contribution is 5.27. The van der Waals surface area contributed by atoms with E-state index in [4.69, 9.17) is 0 Å². The number of hydrogen-bond acceptors (Lipinski definition) is 1. The number of nitrogens with one attached hydrogen (secondary N) is 1. The fourth-order valence-corrected chi connectivity index (χ4v) is 1.65. The van der Waals surface area contributed by atoms with E-state index in [2.05, 4.69) is 19.2 Å². The van der Waals surface area contributed by atoms with Crippen LogP contribution >= 0.6 is 0 Å². The van der Waals surface area contributed by atoms with Crippen molar-refractivity contribution in [3.63, 3.8) is 0 Å². The van der Waals surface area contributed by atoms with E-state index >= 15 is 0 Å². The lowest BCUT2D eigenvalue weighted by molar-refractivity contribution is 0.540. The molecule has 0 bridgehead atoms. The normalized spacial score (nSPS) is 12.8. The average Bonchev–Trinajstić information content (AvgIpc) is 2.20. The van der Waals surface area contributed by atoms with Crippen molar-refractivity contribution < 1.29 is 4.39 Å². The van der Waals surface area contributed by atoms with Crippen LogP contribution < -0.4 is 5.32 Å². The van der Waals surface area contributed by atoms with Crippen LogP contribution in [0.25, 0.3) is 0 Å². The summed E-state index contributed by atoms with van der Waals surface area (Å²) in [6, 6.07) is 5.41. The Hall–Kier alpha value is -0.890. The van der Waals surface area contributed by atoms with Crippen molar-refractivity contribution in [1.29, 1.82) is 0 Å². The molecule has 1 nitrogen and oxygen atoms in total. The first-order chi connectivity index (χ1) is 7.13. The number of rotatable bonds is 5. The van der Waals surface area contributed by atoms with Gasteiger partial charge in [0.1, 0.15) is 5.82 Å². The Balaban J connectivity index is 2.59. The monoisotopic (exact) mass is 209 g/mol. The molecule has 1 atom stereocenters. The van der Waals surface area contributed by atoms with E-state index in [-0.39, 0.29) is 5.82 Å². The van der Waals surface area contributed by atoms with Crippen LogP contribution in [-0.4, -0.2) is 12.6 Å². The Kier molecular flexibility index (Phi) is 4.76. The minimum atomic E-state index is -0.140. The molecule has 0 aliphatic rings. The van der Waals surface area contributed by atoms with Crippen molar-refractivity contribution in [3.05, 3.63) is 35.1 Å². The zero-order valence-electron chi connectivity index (χ0n) is 9.81. The van der Waals surface area contributed by atoms with Crippen LogP contribution in [0.2, 0.25) is 0 Å². The van der Waals surface area contributed by atoms with Crippen molar-refractivity contribution in [2.75, 3.05) is 6.54 Å². The van der Waals surface area contributed by atoms with Crippen LogP contribution in [0.3, 0.4) is 0 Å². The highest BCUT2D eigenvalue weighted by Gasteiger charge is 2.05. The number of halogens is 1. The van der Waals surface area contributed by atoms with Crippen molar-refractivity contribution in [1.82, 2.24) is 5.32 Å². The first-order valence-electron chi connectivity index (χ1n) is 5.62. The summed E-state index contributed by atoms with van der Waals surface area (Å²) >= 11 is 0. The van der Waals surface area contributed by atoms with Crippen LogP contribution in [0.5, 0.6) is 0 Å². The number of hydrogen-bond donors (Lipinski definition) is 1. The van der Waals surface area contributed by atoms with E-state index in [9.17, 15) is 4.39 Å². The van der Waals surface area contributed by atoms with Crippen LogP contribution in [0, 0.1) is 12.7 Å². The quantitative estimate of drug-likeness (QED) is 0.786. The third kappa shape index (κ3) is 4.00. The number of benzene rings is 1. The minimum absolute atomic E-state index is 0.140. The van der Waals surface area contributed by atoms with Gasteiger partial charge in [0.15, 0.2) is 0 Å². The van der Waals surface area contributed by atoms with Gasteiger partial charge < -0.3 is 5.32 Å². The summed E-state index contributed by atoms with van der Waals surface area (Å²) in [5.41, 5.74) is 2.27. The summed E-state index contributed by atoms with van der Waals surface area (Å²) in [5.74, 6) is -0.140. The molecule has 0 aliphatic heterocycles. The second-order valence-corrected chi connectivity index (χ2v) is 4.13. The minimum Gasteiger partial charge on any atom is -0.314 e. The highest BCUT2D eigenvalue weighted by Crippen LogP contribution is 2.12. The molecule has 0 saturated carbocycles. The lowest BCUT2D eigenvalue weighted by atomic mass is 10.0. The van der Waals surface area contributed by atoms with Gasteiger partial charge in [0, 0.05) is 6.04 Å². The summed E-state index contributed by atoms with van der Waals surface area (Å²) in [5, 5.41) is 3.40. The van der Waals surface area contributed by atoms with E-state index in [1.165, 1.54) is 11.6 Å². The molecule has 1 N–H and O–H groups in total. The van der Waals surface area contributed by atoms with Crippen molar-refractivity contribution in [3.8, 4) is 0 Å². The molecule has 1 rings (SSSR count). The molecular weight excluding hydrogens is 189 g/mol. The zero-order valence-corrected chi connectivity index (χ0v) is 9.81. The SMILES string of the molecule is CCCNC(C)Cc1cc(F)ccc1C. The van der Waals surface area contributed by atoms with Gasteiger partial charge in [-0.1, -0.05) is 13.0 Å². The molecule has 84 valence electrons. The van der Waals surface area contributed by atoms with Gasteiger partial charge in [-0.2, -0.15) is 0 Å². The van der Waals surface area contributed by atoms with E-state index in [1.54, 1.807) is 6.07 Å². The standard InChI is InChI=1S/C13H20FN/c1-4-7-15-11(3)8-12-9-13(14)6-5-10(12)2/h5-6,9,11,15H,4,7-8H2,1-3H3. The topological polar surface area (TPSA) is 12.0 Å². The van der Waals surface area contributed by atoms with Gasteiger partial charge in [0.2, 0.25) is 0 Å². The van der Waals surface area contributed by atoms with Gasteiger partial charge in [-0.15, -0.1) is 0 Å². The van der Waals surface area contributed by atoms with Crippen LogP contribution in [0.15, 0.2) is 18.2 Å². The van der Waals surface area contributed by atoms with Crippen molar-refractivity contribution >= 4 is 0 Å². The molecule has 1 aromatic carbocycles. The van der Waals surface area contributed by atoms with Crippen molar-refractivity contribution in [2.45, 2.75) is 39.7 Å². The van der Waals surface area contributed by atoms with Crippen molar-refractivity contribution in [2.24, 2.45) is 0 Å². The predicted molar refractivity (Wildman–Crippen MR) is 62.6 cm³/mol. The fraction of sp³-hybridized carbons (Fsp3) is 0.538. The second kappa shape index (κ2) is 5.86. The van der Waals surface area contributed by atoms with Crippen LogP contribution in [-0.2, 0) is 6.42 Å². The van der Waals surface area contributed by atoms with E-state index in [0.29, 0.717) is 6.04 Å². The van der Waals surface area contributed by atoms with Crippen LogP contribution in [0.1, 0.15) is 31.4 Å². The fourth-order valence-electron chi connectivity index (χ4n) is 1.65. The molecule has 0 aromatic heterocycles.